The van der Waals surface area contributed by atoms with Crippen molar-refractivity contribution in [1.29, 1.82) is 0 Å². The number of aliphatic hydroxyl groups excluding tert-OH is 1. The van der Waals surface area contributed by atoms with Crippen molar-refractivity contribution in [3.8, 4) is 11.5 Å². The molecule has 1 aromatic rings. The smallest absolute Gasteiger partial charge is 0.123 e. The highest BCUT2D eigenvalue weighted by Gasteiger charge is 2.09. The second-order valence-corrected chi connectivity index (χ2v) is 4.82. The van der Waals surface area contributed by atoms with Gasteiger partial charge in [-0.2, -0.15) is 0 Å². The van der Waals surface area contributed by atoms with Crippen LogP contribution < -0.4 is 9.47 Å². The molecule has 17 heavy (non-hydrogen) atoms. The molecule has 0 aliphatic heterocycles. The first kappa shape index (κ1) is 13.8. The Balaban J connectivity index is 2.49. The molecule has 0 radical (unpaired) electrons. The van der Waals surface area contributed by atoms with Crippen molar-refractivity contribution in [2.24, 2.45) is 0 Å². The van der Waals surface area contributed by atoms with Crippen molar-refractivity contribution >= 4 is 10.1 Å². The summed E-state index contributed by atoms with van der Waals surface area (Å²) in [5.74, 6) is 0.136. The Morgan fingerprint density at radius 1 is 1.41 bits per heavy atom. The fourth-order valence-corrected chi connectivity index (χ4v) is 1.73. The lowest BCUT2D eigenvalue weighted by atomic mass is 10.3. The topological polar surface area (TPSA) is 95.9 Å². The normalized spacial score (nSPS) is 13.1. The van der Waals surface area contributed by atoms with Crippen LogP contribution in [0.25, 0.3) is 0 Å². The van der Waals surface area contributed by atoms with Crippen molar-refractivity contribution in [3.63, 3.8) is 0 Å². The molecule has 0 saturated heterocycles. The van der Waals surface area contributed by atoms with Crippen molar-refractivity contribution < 1.29 is 27.6 Å². The third-order valence-corrected chi connectivity index (χ3v) is 2.67. The minimum absolute atomic E-state index is 0.269. The lowest BCUT2D eigenvalue weighted by Crippen LogP contribution is -2.26. The molecule has 0 bridgehead atoms. The van der Waals surface area contributed by atoms with E-state index in [2.05, 4.69) is 0 Å². The van der Waals surface area contributed by atoms with E-state index in [-0.39, 0.29) is 6.61 Å². The van der Waals surface area contributed by atoms with Gasteiger partial charge in [0, 0.05) is 6.07 Å². The maximum Gasteiger partial charge on any atom is 0.123 e. The van der Waals surface area contributed by atoms with E-state index in [4.69, 9.17) is 9.47 Å². The van der Waals surface area contributed by atoms with Crippen LogP contribution in [0, 0.1) is 0 Å². The molecular formula is C10H13O6S-. The van der Waals surface area contributed by atoms with E-state index in [9.17, 15) is 18.1 Å². The van der Waals surface area contributed by atoms with Crippen LogP contribution in [-0.4, -0.2) is 43.7 Å². The largest absolute Gasteiger partial charge is 0.748 e. The second-order valence-electron chi connectivity index (χ2n) is 3.37. The molecule has 0 aromatic heterocycles. The molecule has 7 heteroatoms. The summed E-state index contributed by atoms with van der Waals surface area (Å²) in [6, 6.07) is 6.61. The number of hydrogen-bond acceptors (Lipinski definition) is 6. The molecule has 1 rings (SSSR count). The lowest BCUT2D eigenvalue weighted by Gasteiger charge is -2.14. The zero-order valence-electron chi connectivity index (χ0n) is 9.20. The number of hydrogen-bond donors (Lipinski definition) is 1. The first-order valence-electron chi connectivity index (χ1n) is 4.79. The minimum Gasteiger partial charge on any atom is -0.748 e. The van der Waals surface area contributed by atoms with Crippen molar-refractivity contribution in [1.82, 2.24) is 0 Å². The third-order valence-electron chi connectivity index (χ3n) is 1.88. The summed E-state index contributed by atoms with van der Waals surface area (Å²) >= 11 is 0. The first-order chi connectivity index (χ1) is 7.90. The molecule has 0 saturated carbocycles. The molecule has 0 fully saturated rings. The van der Waals surface area contributed by atoms with Gasteiger partial charge in [0.25, 0.3) is 0 Å². The van der Waals surface area contributed by atoms with Crippen LogP contribution in [0.15, 0.2) is 24.3 Å². The SMILES string of the molecule is COc1cccc(OCC(O)CS(=O)(=O)[O-])c1. The molecule has 1 atom stereocenters. The molecular weight excluding hydrogens is 248 g/mol. The van der Waals surface area contributed by atoms with Gasteiger partial charge in [-0.15, -0.1) is 0 Å². The van der Waals surface area contributed by atoms with Crippen molar-refractivity contribution in [3.05, 3.63) is 24.3 Å². The van der Waals surface area contributed by atoms with Crippen LogP contribution in [0.3, 0.4) is 0 Å². The highest BCUT2D eigenvalue weighted by molar-refractivity contribution is 7.85. The van der Waals surface area contributed by atoms with Gasteiger partial charge in [-0.25, -0.2) is 8.42 Å². The number of benzene rings is 1. The van der Waals surface area contributed by atoms with Crippen molar-refractivity contribution in [2.75, 3.05) is 19.5 Å². The molecule has 0 aliphatic rings. The van der Waals surface area contributed by atoms with E-state index in [1.54, 1.807) is 24.3 Å². The van der Waals surface area contributed by atoms with E-state index < -0.39 is 22.0 Å². The molecule has 1 unspecified atom stereocenters. The summed E-state index contributed by atoms with van der Waals surface area (Å²) in [5.41, 5.74) is 0. The van der Waals surface area contributed by atoms with Crippen LogP contribution in [0.5, 0.6) is 11.5 Å². The second kappa shape index (κ2) is 5.85. The summed E-state index contributed by atoms with van der Waals surface area (Å²) in [6.07, 6.45) is -1.34. The van der Waals surface area contributed by atoms with E-state index in [0.717, 1.165) is 0 Å². The Labute approximate surface area is 99.5 Å². The van der Waals surface area contributed by atoms with Crippen molar-refractivity contribution in [2.45, 2.75) is 6.10 Å². The minimum atomic E-state index is -4.45. The predicted octanol–water partition coefficient (Wildman–Crippen LogP) is -0.0199. The summed E-state index contributed by atoms with van der Waals surface area (Å²) in [4.78, 5) is 0. The molecule has 0 aliphatic carbocycles. The average Bonchev–Trinajstić information content (AvgIpc) is 2.24. The van der Waals surface area contributed by atoms with Crippen LogP contribution in [0.2, 0.25) is 0 Å². The Hall–Kier alpha value is -1.31. The van der Waals surface area contributed by atoms with Gasteiger partial charge >= 0.3 is 0 Å². The standard InChI is InChI=1S/C10H14O6S/c1-15-9-3-2-4-10(5-9)16-6-8(11)7-17(12,13)14/h2-5,8,11H,6-7H2,1H3,(H,12,13,14)/p-1. The lowest BCUT2D eigenvalue weighted by molar-refractivity contribution is 0.123. The van der Waals surface area contributed by atoms with Gasteiger partial charge in [-0.3, -0.25) is 0 Å². The highest BCUT2D eigenvalue weighted by atomic mass is 32.2. The molecule has 0 spiro atoms. The fraction of sp³-hybridized carbons (Fsp3) is 0.400. The predicted molar refractivity (Wildman–Crippen MR) is 59.1 cm³/mol. The van der Waals surface area contributed by atoms with Gasteiger partial charge in [0.05, 0.1) is 23.0 Å². The first-order valence-corrected chi connectivity index (χ1v) is 6.37. The van der Waals surface area contributed by atoms with Gasteiger partial charge in [0.1, 0.15) is 24.2 Å². The van der Waals surface area contributed by atoms with Gasteiger partial charge in [-0.1, -0.05) is 6.07 Å². The zero-order valence-corrected chi connectivity index (χ0v) is 10.0. The van der Waals surface area contributed by atoms with E-state index in [0.29, 0.717) is 11.5 Å². The number of ether oxygens (including phenoxy) is 2. The summed E-state index contributed by atoms with van der Waals surface area (Å²) in [6.45, 7) is -0.269. The zero-order chi connectivity index (χ0) is 12.9. The molecule has 1 aromatic carbocycles. The summed E-state index contributed by atoms with van der Waals surface area (Å²) in [5, 5.41) is 9.24. The van der Waals surface area contributed by atoms with Crippen LogP contribution >= 0.6 is 0 Å². The van der Waals surface area contributed by atoms with Gasteiger partial charge < -0.3 is 19.1 Å². The highest BCUT2D eigenvalue weighted by Crippen LogP contribution is 2.18. The van der Waals surface area contributed by atoms with E-state index in [1.165, 1.54) is 7.11 Å². The maximum absolute atomic E-state index is 10.4. The van der Waals surface area contributed by atoms with E-state index in [1.807, 2.05) is 0 Å². The maximum atomic E-state index is 10.4. The molecule has 0 heterocycles. The molecule has 96 valence electrons. The van der Waals surface area contributed by atoms with Gasteiger partial charge in [0.2, 0.25) is 0 Å². The third kappa shape index (κ3) is 5.53. The number of methoxy groups -OCH3 is 1. The Morgan fingerprint density at radius 2 is 2.06 bits per heavy atom. The van der Waals surface area contributed by atoms with E-state index >= 15 is 0 Å². The summed E-state index contributed by atoms with van der Waals surface area (Å²) in [7, 11) is -2.95. The Morgan fingerprint density at radius 3 is 2.65 bits per heavy atom. The van der Waals surface area contributed by atoms with Gasteiger partial charge in [-0.05, 0) is 12.1 Å². The molecule has 1 N–H and O–H groups in total. The summed E-state index contributed by atoms with van der Waals surface area (Å²) < 4.78 is 41.2. The molecule has 6 nitrogen and oxygen atoms in total. The van der Waals surface area contributed by atoms with Crippen LogP contribution in [-0.2, 0) is 10.1 Å². The monoisotopic (exact) mass is 261 g/mol. The average molecular weight is 261 g/mol. The Kier molecular flexibility index (Phi) is 4.73. The van der Waals surface area contributed by atoms with Crippen LogP contribution in [0.1, 0.15) is 0 Å². The number of rotatable bonds is 6. The molecule has 0 amide bonds. The quantitative estimate of drug-likeness (QED) is 0.723. The van der Waals surface area contributed by atoms with Gasteiger partial charge in [0.15, 0.2) is 0 Å². The Bertz CT molecular complexity index is 456. The number of aliphatic hydroxyl groups is 1. The van der Waals surface area contributed by atoms with Crippen LogP contribution in [0.4, 0.5) is 0 Å². The fourth-order valence-electron chi connectivity index (χ4n) is 1.17.